The summed E-state index contributed by atoms with van der Waals surface area (Å²) < 4.78 is 5.82. The van der Waals surface area contributed by atoms with Gasteiger partial charge in [-0.15, -0.1) is 0 Å². The van der Waals surface area contributed by atoms with Gasteiger partial charge in [0.15, 0.2) is 0 Å². The lowest BCUT2D eigenvalue weighted by Gasteiger charge is -2.39. The number of amides is 2. The molecule has 3 atom stereocenters. The molecule has 2 fully saturated rings. The number of nitrogens with zero attached hydrogens (tertiary/aromatic N) is 2. The first-order valence-corrected chi connectivity index (χ1v) is 9.12. The molecule has 0 bridgehead atoms. The van der Waals surface area contributed by atoms with Crippen LogP contribution in [0.2, 0.25) is 0 Å². The second kappa shape index (κ2) is 6.64. The van der Waals surface area contributed by atoms with Gasteiger partial charge in [0.1, 0.15) is 0 Å². The minimum Gasteiger partial charge on any atom is -0.374 e. The second-order valence-electron chi connectivity index (χ2n) is 7.09. The molecule has 132 valence electrons. The van der Waals surface area contributed by atoms with Gasteiger partial charge in [-0.2, -0.15) is 0 Å². The molecule has 3 aliphatic rings. The summed E-state index contributed by atoms with van der Waals surface area (Å²) in [6, 6.07) is 7.98. The Bertz CT molecular complexity index is 715. The summed E-state index contributed by atoms with van der Waals surface area (Å²) in [6.07, 6.45) is 7.45. The molecule has 5 heteroatoms. The monoisotopic (exact) mass is 340 g/mol. The van der Waals surface area contributed by atoms with Gasteiger partial charge in [-0.05, 0) is 36.5 Å². The molecule has 0 spiro atoms. The number of carbonyl (C=O) groups excluding carboxylic acids is 2. The molecular formula is C20H24N2O3. The number of carbonyl (C=O) groups is 2. The van der Waals surface area contributed by atoms with Gasteiger partial charge in [-0.1, -0.05) is 24.3 Å². The zero-order chi connectivity index (χ0) is 17.4. The van der Waals surface area contributed by atoms with Gasteiger partial charge in [0.25, 0.3) is 0 Å². The molecule has 1 aromatic rings. The van der Waals surface area contributed by atoms with Crippen LogP contribution in [0.15, 0.2) is 30.5 Å². The van der Waals surface area contributed by atoms with Crippen molar-refractivity contribution in [2.24, 2.45) is 0 Å². The van der Waals surface area contributed by atoms with E-state index in [1.165, 1.54) is 0 Å². The normalized spacial score (nSPS) is 27.8. The molecule has 0 N–H and O–H groups in total. The maximum atomic E-state index is 13.1. The Kier molecular flexibility index (Phi) is 4.34. The van der Waals surface area contributed by atoms with E-state index < -0.39 is 0 Å². The van der Waals surface area contributed by atoms with E-state index in [0.29, 0.717) is 19.6 Å². The zero-order valence-electron chi connectivity index (χ0n) is 14.6. The van der Waals surface area contributed by atoms with Crippen LogP contribution in [0.5, 0.6) is 0 Å². The summed E-state index contributed by atoms with van der Waals surface area (Å²) in [5.41, 5.74) is 2.13. The van der Waals surface area contributed by atoms with E-state index in [0.717, 1.165) is 30.4 Å². The average molecular weight is 340 g/mol. The summed E-state index contributed by atoms with van der Waals surface area (Å²) in [5.74, 6) is 0.0887. The zero-order valence-corrected chi connectivity index (χ0v) is 14.6. The molecule has 2 heterocycles. The molecule has 0 aromatic heterocycles. The molecule has 2 aliphatic heterocycles. The maximum absolute atomic E-state index is 13.1. The molecule has 1 aromatic carbocycles. The summed E-state index contributed by atoms with van der Waals surface area (Å²) in [7, 11) is 0. The lowest BCUT2D eigenvalue weighted by molar-refractivity contribution is -0.145. The topological polar surface area (TPSA) is 49.9 Å². The van der Waals surface area contributed by atoms with Gasteiger partial charge in [0.05, 0.1) is 31.2 Å². The van der Waals surface area contributed by atoms with Crippen molar-refractivity contribution in [2.45, 2.75) is 50.8 Å². The van der Waals surface area contributed by atoms with E-state index in [-0.39, 0.29) is 30.0 Å². The SMILES string of the molecule is CC(=O)N1C=Cc2ccccc2[C@@H]1CC(=O)N1CCO[C@H]2CCC[C@H]21. The van der Waals surface area contributed by atoms with Crippen LogP contribution < -0.4 is 0 Å². The Labute approximate surface area is 148 Å². The third-order valence-electron chi connectivity index (χ3n) is 5.64. The van der Waals surface area contributed by atoms with E-state index in [9.17, 15) is 9.59 Å². The van der Waals surface area contributed by atoms with E-state index >= 15 is 0 Å². The standard InChI is InChI=1S/C20H24N2O3/c1-14(23)21-10-9-15-5-2-3-6-16(15)18(21)13-20(24)22-11-12-25-19-8-4-7-17(19)22/h2-3,5-6,9-10,17-19H,4,7-8,11-13H2,1H3/t17-,18+,19+/m1/s1. The summed E-state index contributed by atoms with van der Waals surface area (Å²) >= 11 is 0. The minimum absolute atomic E-state index is 0.0377. The number of ether oxygens (including phenoxy) is 1. The van der Waals surface area contributed by atoms with Crippen molar-refractivity contribution in [1.29, 1.82) is 0 Å². The Hall–Kier alpha value is -2.14. The predicted octanol–water partition coefficient (Wildman–Crippen LogP) is 2.73. The van der Waals surface area contributed by atoms with Crippen LogP contribution in [-0.2, 0) is 14.3 Å². The molecule has 0 unspecified atom stereocenters. The average Bonchev–Trinajstić information content (AvgIpc) is 3.10. The van der Waals surface area contributed by atoms with Crippen LogP contribution in [0, 0.1) is 0 Å². The number of fused-ring (bicyclic) bond motifs is 2. The molecule has 1 saturated heterocycles. The largest absolute Gasteiger partial charge is 0.374 e. The summed E-state index contributed by atoms with van der Waals surface area (Å²) in [5, 5.41) is 0. The molecule has 0 radical (unpaired) electrons. The molecule has 4 rings (SSSR count). The first kappa shape index (κ1) is 16.3. The highest BCUT2D eigenvalue weighted by Crippen LogP contribution is 2.35. The number of rotatable bonds is 2. The van der Waals surface area contributed by atoms with E-state index in [1.54, 1.807) is 18.0 Å². The van der Waals surface area contributed by atoms with Crippen LogP contribution in [0.4, 0.5) is 0 Å². The van der Waals surface area contributed by atoms with Gasteiger partial charge in [0.2, 0.25) is 11.8 Å². The smallest absolute Gasteiger partial charge is 0.225 e. The fourth-order valence-electron chi connectivity index (χ4n) is 4.43. The van der Waals surface area contributed by atoms with Gasteiger partial charge in [-0.25, -0.2) is 0 Å². The highest BCUT2D eigenvalue weighted by Gasteiger charge is 2.39. The van der Waals surface area contributed by atoms with E-state index in [2.05, 4.69) is 0 Å². The number of hydrogen-bond acceptors (Lipinski definition) is 3. The van der Waals surface area contributed by atoms with Crippen molar-refractivity contribution < 1.29 is 14.3 Å². The van der Waals surface area contributed by atoms with Crippen molar-refractivity contribution in [1.82, 2.24) is 9.80 Å². The third kappa shape index (κ3) is 2.97. The molecule has 1 saturated carbocycles. The van der Waals surface area contributed by atoms with Crippen molar-refractivity contribution in [3.05, 3.63) is 41.6 Å². The van der Waals surface area contributed by atoms with E-state index in [4.69, 9.17) is 4.74 Å². The van der Waals surface area contributed by atoms with E-state index in [1.807, 2.05) is 35.2 Å². The molecule has 5 nitrogen and oxygen atoms in total. The highest BCUT2D eigenvalue weighted by molar-refractivity contribution is 5.82. The first-order chi connectivity index (χ1) is 12.1. The maximum Gasteiger partial charge on any atom is 0.225 e. The van der Waals surface area contributed by atoms with Crippen molar-refractivity contribution in [2.75, 3.05) is 13.2 Å². The Morgan fingerprint density at radius 1 is 1.24 bits per heavy atom. The van der Waals surface area contributed by atoms with Gasteiger partial charge >= 0.3 is 0 Å². The second-order valence-corrected chi connectivity index (χ2v) is 7.09. The minimum atomic E-state index is -0.228. The third-order valence-corrected chi connectivity index (χ3v) is 5.64. The summed E-state index contributed by atoms with van der Waals surface area (Å²) in [4.78, 5) is 28.9. The fraction of sp³-hybridized carbons (Fsp3) is 0.500. The first-order valence-electron chi connectivity index (χ1n) is 9.12. The van der Waals surface area contributed by atoms with Gasteiger partial charge in [0, 0.05) is 19.7 Å². The number of hydrogen-bond donors (Lipinski definition) is 0. The molecule has 25 heavy (non-hydrogen) atoms. The molecule has 1 aliphatic carbocycles. The quantitative estimate of drug-likeness (QED) is 0.832. The van der Waals surface area contributed by atoms with Crippen LogP contribution in [0.3, 0.4) is 0 Å². The van der Waals surface area contributed by atoms with Crippen LogP contribution in [0.25, 0.3) is 6.08 Å². The fourth-order valence-corrected chi connectivity index (χ4v) is 4.43. The Morgan fingerprint density at radius 2 is 2.08 bits per heavy atom. The van der Waals surface area contributed by atoms with Crippen molar-refractivity contribution >= 4 is 17.9 Å². The molecular weight excluding hydrogens is 316 g/mol. The lowest BCUT2D eigenvalue weighted by Crippen LogP contribution is -2.52. The predicted molar refractivity (Wildman–Crippen MR) is 94.4 cm³/mol. The van der Waals surface area contributed by atoms with Crippen LogP contribution in [0.1, 0.15) is 49.8 Å². The Balaban J connectivity index is 1.58. The van der Waals surface area contributed by atoms with Crippen molar-refractivity contribution in [3.8, 4) is 0 Å². The van der Waals surface area contributed by atoms with Crippen LogP contribution in [-0.4, -0.2) is 46.9 Å². The molecule has 2 amide bonds. The highest BCUT2D eigenvalue weighted by atomic mass is 16.5. The lowest BCUT2D eigenvalue weighted by atomic mass is 9.93. The number of morpholine rings is 1. The van der Waals surface area contributed by atoms with Gasteiger partial charge in [-0.3, -0.25) is 9.59 Å². The van der Waals surface area contributed by atoms with Gasteiger partial charge < -0.3 is 14.5 Å². The summed E-state index contributed by atoms with van der Waals surface area (Å²) in [6.45, 7) is 2.83. The van der Waals surface area contributed by atoms with Crippen molar-refractivity contribution in [3.63, 3.8) is 0 Å². The van der Waals surface area contributed by atoms with Crippen LogP contribution >= 0.6 is 0 Å². The number of benzene rings is 1. The Morgan fingerprint density at radius 3 is 2.92 bits per heavy atom.